The van der Waals surface area contributed by atoms with Crippen molar-refractivity contribution in [1.82, 2.24) is 15.6 Å². The smallest absolute Gasteiger partial charge is 0.308 e. The van der Waals surface area contributed by atoms with Crippen molar-refractivity contribution in [3.05, 3.63) is 94.9 Å². The molecule has 0 bridgehead atoms. The largest absolute Gasteiger partial charge is 0.493 e. The van der Waals surface area contributed by atoms with E-state index in [1.807, 2.05) is 13.8 Å². The van der Waals surface area contributed by atoms with Crippen LogP contribution < -0.4 is 20.1 Å². The van der Waals surface area contributed by atoms with Crippen LogP contribution in [0.15, 0.2) is 66.5 Å². The summed E-state index contributed by atoms with van der Waals surface area (Å²) in [7, 11) is 1.36. The van der Waals surface area contributed by atoms with Crippen LogP contribution in [0.3, 0.4) is 0 Å². The van der Waals surface area contributed by atoms with Gasteiger partial charge in [-0.3, -0.25) is 14.4 Å². The minimum atomic E-state index is -0.997. The van der Waals surface area contributed by atoms with Gasteiger partial charge in [0, 0.05) is 30.5 Å². The van der Waals surface area contributed by atoms with E-state index in [1.165, 1.54) is 50.6 Å². The number of aromatic nitrogens is 1. The predicted molar refractivity (Wildman–Crippen MR) is 145 cm³/mol. The van der Waals surface area contributed by atoms with E-state index in [4.69, 9.17) is 9.47 Å². The van der Waals surface area contributed by atoms with Gasteiger partial charge in [-0.25, -0.2) is 13.8 Å². The molecule has 1 aromatic heterocycles. The summed E-state index contributed by atoms with van der Waals surface area (Å²) in [5.74, 6) is -2.81. The number of benzene rings is 2. The number of amides is 2. The van der Waals surface area contributed by atoms with Gasteiger partial charge in [0.05, 0.1) is 7.11 Å². The van der Waals surface area contributed by atoms with Crippen molar-refractivity contribution >= 4 is 23.4 Å². The Balaban J connectivity index is 1.96. The zero-order valence-corrected chi connectivity index (χ0v) is 22.9. The Kier molecular flexibility index (Phi) is 10.1. The van der Waals surface area contributed by atoms with Crippen LogP contribution in [0.1, 0.15) is 55.7 Å². The number of halogens is 2. The normalized spacial score (nSPS) is 11.4. The molecule has 0 spiro atoms. The third-order valence-electron chi connectivity index (χ3n) is 5.83. The molecule has 0 radical (unpaired) electrons. The van der Waals surface area contributed by atoms with Crippen LogP contribution >= 0.6 is 0 Å². The maximum absolute atomic E-state index is 13.6. The average Bonchev–Trinajstić information content (AvgIpc) is 2.90. The number of hydrogen-bond acceptors (Lipinski definition) is 6. The highest BCUT2D eigenvalue weighted by Gasteiger charge is 2.27. The van der Waals surface area contributed by atoms with E-state index in [-0.39, 0.29) is 29.5 Å². The molecule has 40 heavy (non-hydrogen) atoms. The molecule has 3 rings (SSSR count). The van der Waals surface area contributed by atoms with Crippen LogP contribution in [0.25, 0.3) is 5.57 Å². The number of nitrogens with zero attached hydrogens (tertiary/aromatic N) is 1. The van der Waals surface area contributed by atoms with Gasteiger partial charge in [-0.15, -0.1) is 0 Å². The molecule has 0 unspecified atom stereocenters. The zero-order valence-electron chi connectivity index (χ0n) is 22.9. The number of carbonyl (C=O) groups is 3. The summed E-state index contributed by atoms with van der Waals surface area (Å²) in [5, 5.41) is 5.53. The summed E-state index contributed by atoms with van der Waals surface area (Å²) in [5.41, 5.74) is 1.94. The fourth-order valence-corrected chi connectivity index (χ4v) is 4.09. The highest BCUT2D eigenvalue weighted by Crippen LogP contribution is 2.30. The fourth-order valence-electron chi connectivity index (χ4n) is 4.09. The fraction of sp³-hybridized carbons (Fsp3) is 0.267. The monoisotopic (exact) mass is 551 g/mol. The molecule has 210 valence electrons. The number of methoxy groups -OCH3 is 1. The minimum Gasteiger partial charge on any atom is -0.493 e. The Morgan fingerprint density at radius 2 is 1.45 bits per heavy atom. The molecule has 10 heteroatoms. The SMILES string of the molecule is COc1ccnc(C(=O)N[C@@H](CC(C)C)C(=O)NC(C)=C(c2ccc(F)cc2)c2ccc(F)cc2)c1OC(C)=O. The molecule has 0 aliphatic rings. The van der Waals surface area contributed by atoms with Crippen LogP contribution in [0, 0.1) is 17.6 Å². The molecule has 0 aliphatic heterocycles. The second kappa shape index (κ2) is 13.5. The zero-order chi connectivity index (χ0) is 29.4. The number of rotatable bonds is 10. The van der Waals surface area contributed by atoms with Gasteiger partial charge in [-0.2, -0.15) is 0 Å². The van der Waals surface area contributed by atoms with Crippen LogP contribution in [0.2, 0.25) is 0 Å². The molecule has 2 amide bonds. The van der Waals surface area contributed by atoms with Crippen molar-refractivity contribution in [2.75, 3.05) is 7.11 Å². The Morgan fingerprint density at radius 1 is 0.900 bits per heavy atom. The molecule has 8 nitrogen and oxygen atoms in total. The number of esters is 1. The number of pyridine rings is 1. The van der Waals surface area contributed by atoms with Gasteiger partial charge in [0.1, 0.15) is 17.7 Å². The molecule has 2 aromatic carbocycles. The molecule has 0 saturated heterocycles. The predicted octanol–water partition coefficient (Wildman–Crippen LogP) is 5.03. The maximum Gasteiger partial charge on any atom is 0.308 e. The molecular weight excluding hydrogens is 520 g/mol. The summed E-state index contributed by atoms with van der Waals surface area (Å²) in [6.07, 6.45) is 1.60. The Hall–Kier alpha value is -4.60. The van der Waals surface area contributed by atoms with Gasteiger partial charge < -0.3 is 20.1 Å². The third-order valence-corrected chi connectivity index (χ3v) is 5.83. The molecule has 0 aliphatic carbocycles. The summed E-state index contributed by atoms with van der Waals surface area (Å²) >= 11 is 0. The first kappa shape index (κ1) is 29.9. The summed E-state index contributed by atoms with van der Waals surface area (Å²) in [6, 6.07) is 11.8. The first-order valence-electron chi connectivity index (χ1n) is 12.6. The first-order chi connectivity index (χ1) is 19.0. The van der Waals surface area contributed by atoms with Crippen molar-refractivity contribution in [2.24, 2.45) is 5.92 Å². The third kappa shape index (κ3) is 7.72. The van der Waals surface area contributed by atoms with E-state index in [9.17, 15) is 23.2 Å². The lowest BCUT2D eigenvalue weighted by atomic mass is 9.95. The van der Waals surface area contributed by atoms with Crippen LogP contribution in [-0.4, -0.2) is 35.9 Å². The lowest BCUT2D eigenvalue weighted by molar-refractivity contribution is -0.132. The molecular formula is C30H31F2N3O5. The van der Waals surface area contributed by atoms with E-state index in [0.717, 1.165) is 0 Å². The number of allylic oxidation sites excluding steroid dienone is 1. The summed E-state index contributed by atoms with van der Waals surface area (Å²) in [6.45, 7) is 6.63. The van der Waals surface area contributed by atoms with Crippen LogP contribution in [0.5, 0.6) is 11.5 Å². The highest BCUT2D eigenvalue weighted by atomic mass is 19.1. The lowest BCUT2D eigenvalue weighted by Crippen LogP contribution is -2.47. The van der Waals surface area contributed by atoms with Gasteiger partial charge in [-0.05, 0) is 54.7 Å². The maximum atomic E-state index is 13.6. The molecule has 2 N–H and O–H groups in total. The van der Waals surface area contributed by atoms with E-state index < -0.39 is 35.5 Å². The quantitative estimate of drug-likeness (QED) is 0.342. The topological polar surface area (TPSA) is 107 Å². The number of ether oxygens (including phenoxy) is 2. The van der Waals surface area contributed by atoms with Gasteiger partial charge in [0.25, 0.3) is 5.91 Å². The second-order valence-corrected chi connectivity index (χ2v) is 9.44. The molecule has 0 fully saturated rings. The van der Waals surface area contributed by atoms with Gasteiger partial charge in [0.15, 0.2) is 11.4 Å². The van der Waals surface area contributed by atoms with Gasteiger partial charge in [-0.1, -0.05) is 38.1 Å². The van der Waals surface area contributed by atoms with Gasteiger partial charge in [0.2, 0.25) is 11.7 Å². The van der Waals surface area contributed by atoms with Crippen molar-refractivity contribution in [3.8, 4) is 11.5 Å². The van der Waals surface area contributed by atoms with Crippen molar-refractivity contribution in [2.45, 2.75) is 40.2 Å². The molecule has 0 saturated carbocycles. The lowest BCUT2D eigenvalue weighted by Gasteiger charge is -2.22. The summed E-state index contributed by atoms with van der Waals surface area (Å²) < 4.78 is 37.6. The van der Waals surface area contributed by atoms with Crippen molar-refractivity contribution in [3.63, 3.8) is 0 Å². The molecule has 1 atom stereocenters. The number of hydrogen-bond donors (Lipinski definition) is 2. The van der Waals surface area contributed by atoms with E-state index in [0.29, 0.717) is 22.4 Å². The van der Waals surface area contributed by atoms with Crippen LogP contribution in [0.4, 0.5) is 8.78 Å². The Labute approximate surface area is 231 Å². The summed E-state index contributed by atoms with van der Waals surface area (Å²) in [4.78, 5) is 42.4. The van der Waals surface area contributed by atoms with Crippen LogP contribution in [-0.2, 0) is 9.59 Å². The van der Waals surface area contributed by atoms with Crippen molar-refractivity contribution < 1.29 is 32.6 Å². The standard InChI is InChI=1S/C30H31F2N3O5/c1-17(2)16-24(35-30(38)27-28(40-19(4)36)25(39-5)14-15-33-27)29(37)34-18(3)26(20-6-10-22(31)11-7-20)21-8-12-23(32)13-9-21/h6-15,17,24H,16H2,1-5H3,(H,34,37)(H,35,38)/t24-/m0/s1. The van der Waals surface area contributed by atoms with Gasteiger partial charge >= 0.3 is 5.97 Å². The number of carbonyl (C=O) groups excluding carboxylic acids is 3. The van der Waals surface area contributed by atoms with Crippen molar-refractivity contribution in [1.29, 1.82) is 0 Å². The van der Waals surface area contributed by atoms with E-state index in [2.05, 4.69) is 15.6 Å². The number of nitrogens with one attached hydrogen (secondary N) is 2. The molecule has 1 heterocycles. The molecule has 3 aromatic rings. The Bertz CT molecular complexity index is 1360. The average molecular weight is 552 g/mol. The highest BCUT2D eigenvalue weighted by molar-refractivity contribution is 6.00. The first-order valence-corrected chi connectivity index (χ1v) is 12.6. The second-order valence-electron chi connectivity index (χ2n) is 9.44. The van der Waals surface area contributed by atoms with E-state index in [1.54, 1.807) is 31.2 Å². The van der Waals surface area contributed by atoms with E-state index >= 15 is 0 Å². The minimum absolute atomic E-state index is 0.0141. The Morgan fingerprint density at radius 3 is 1.93 bits per heavy atom.